The van der Waals surface area contributed by atoms with Gasteiger partial charge in [-0.3, -0.25) is 0 Å². The molecule has 2 aromatic carbocycles. The number of hydrogen-bond acceptors (Lipinski definition) is 2. The van der Waals surface area contributed by atoms with E-state index in [4.69, 9.17) is 17.0 Å². The third-order valence-corrected chi connectivity index (χ3v) is 4.63. The summed E-state index contributed by atoms with van der Waals surface area (Å²) >= 11 is 5.55. The first kappa shape index (κ1) is 19.3. The van der Waals surface area contributed by atoms with Crippen molar-refractivity contribution in [2.45, 2.75) is 39.7 Å². The van der Waals surface area contributed by atoms with Crippen molar-refractivity contribution in [1.29, 1.82) is 0 Å². The Morgan fingerprint density at radius 2 is 1.88 bits per heavy atom. The molecule has 3 nitrogen and oxygen atoms in total. The number of hydrogen-bond donors (Lipinski definition) is 1. The molecule has 0 aliphatic heterocycles. The van der Waals surface area contributed by atoms with Crippen LogP contribution >= 0.6 is 12.2 Å². The zero-order valence-electron chi connectivity index (χ0n) is 15.6. The van der Waals surface area contributed by atoms with Crippen LogP contribution in [-0.4, -0.2) is 24.2 Å². The minimum Gasteiger partial charge on any atom is -0.496 e. The van der Waals surface area contributed by atoms with Crippen LogP contribution in [0.3, 0.4) is 0 Å². The fraction of sp³-hybridized carbons (Fsp3) is 0.381. The van der Waals surface area contributed by atoms with E-state index in [1.165, 1.54) is 24.0 Å². The van der Waals surface area contributed by atoms with Crippen LogP contribution in [0.4, 0.5) is 5.69 Å². The van der Waals surface area contributed by atoms with E-state index in [0.717, 1.165) is 23.4 Å². The molecule has 0 atom stereocenters. The van der Waals surface area contributed by atoms with E-state index in [1.807, 2.05) is 18.0 Å². The van der Waals surface area contributed by atoms with Crippen LogP contribution in [0, 0.1) is 6.92 Å². The van der Waals surface area contributed by atoms with Gasteiger partial charge in [-0.15, -0.1) is 0 Å². The molecule has 25 heavy (non-hydrogen) atoms. The average molecular weight is 357 g/mol. The Hall–Kier alpha value is -2.07. The van der Waals surface area contributed by atoms with Gasteiger partial charge >= 0.3 is 0 Å². The molecule has 0 aromatic heterocycles. The predicted molar refractivity (Wildman–Crippen MR) is 110 cm³/mol. The summed E-state index contributed by atoms with van der Waals surface area (Å²) in [6.07, 6.45) is 3.58. The second-order valence-corrected chi connectivity index (χ2v) is 6.79. The Morgan fingerprint density at radius 1 is 1.16 bits per heavy atom. The molecule has 0 saturated carbocycles. The maximum absolute atomic E-state index is 5.55. The number of ether oxygens (including phenoxy) is 1. The van der Waals surface area contributed by atoms with Crippen molar-refractivity contribution >= 4 is 23.0 Å². The van der Waals surface area contributed by atoms with E-state index in [1.54, 1.807) is 7.11 Å². The van der Waals surface area contributed by atoms with Crippen LogP contribution in [0.1, 0.15) is 36.5 Å². The second kappa shape index (κ2) is 9.42. The second-order valence-electron chi connectivity index (χ2n) is 6.40. The first-order valence-electron chi connectivity index (χ1n) is 8.78. The summed E-state index contributed by atoms with van der Waals surface area (Å²) in [6, 6.07) is 14.7. The molecule has 0 spiro atoms. The summed E-state index contributed by atoms with van der Waals surface area (Å²) in [7, 11) is 3.69. The summed E-state index contributed by atoms with van der Waals surface area (Å²) in [5.41, 5.74) is 4.74. The lowest BCUT2D eigenvalue weighted by Gasteiger charge is -2.22. The summed E-state index contributed by atoms with van der Waals surface area (Å²) in [6.45, 7) is 5.00. The zero-order valence-corrected chi connectivity index (χ0v) is 16.5. The maximum Gasteiger partial charge on any atom is 0.173 e. The summed E-state index contributed by atoms with van der Waals surface area (Å²) in [5.74, 6) is 0.889. The van der Waals surface area contributed by atoms with Crippen molar-refractivity contribution in [3.05, 3.63) is 59.2 Å². The highest BCUT2D eigenvalue weighted by Gasteiger charge is 2.10. The summed E-state index contributed by atoms with van der Waals surface area (Å²) < 4.78 is 5.45. The lowest BCUT2D eigenvalue weighted by Crippen LogP contribution is -2.30. The molecule has 0 unspecified atom stereocenters. The number of nitrogens with zero attached hydrogens (tertiary/aromatic N) is 1. The zero-order chi connectivity index (χ0) is 18.2. The van der Waals surface area contributed by atoms with Crippen LogP contribution in [0.25, 0.3) is 0 Å². The van der Waals surface area contributed by atoms with Gasteiger partial charge in [-0.1, -0.05) is 43.2 Å². The van der Waals surface area contributed by atoms with Gasteiger partial charge in [-0.2, -0.15) is 0 Å². The molecule has 0 amide bonds. The molecule has 0 heterocycles. The number of benzene rings is 2. The third-order valence-electron chi connectivity index (χ3n) is 4.21. The highest BCUT2D eigenvalue weighted by atomic mass is 32.1. The van der Waals surface area contributed by atoms with Crippen molar-refractivity contribution in [3.63, 3.8) is 0 Å². The van der Waals surface area contributed by atoms with Crippen LogP contribution in [0.15, 0.2) is 42.5 Å². The molecular formula is C21H28N2OS. The van der Waals surface area contributed by atoms with E-state index in [9.17, 15) is 0 Å². The molecule has 134 valence electrons. The Kier molecular flexibility index (Phi) is 7.26. The van der Waals surface area contributed by atoms with Crippen molar-refractivity contribution in [1.82, 2.24) is 4.90 Å². The van der Waals surface area contributed by atoms with E-state index in [2.05, 4.69) is 55.6 Å². The minimum atomic E-state index is 0.699. The number of nitrogens with one attached hydrogen (secondary N) is 1. The van der Waals surface area contributed by atoms with Crippen molar-refractivity contribution in [2.75, 3.05) is 19.5 Å². The topological polar surface area (TPSA) is 24.5 Å². The smallest absolute Gasteiger partial charge is 0.173 e. The van der Waals surface area contributed by atoms with Gasteiger partial charge in [-0.05, 0) is 55.7 Å². The predicted octanol–water partition coefficient (Wildman–Crippen LogP) is 5.18. The van der Waals surface area contributed by atoms with E-state index >= 15 is 0 Å². The van der Waals surface area contributed by atoms with Gasteiger partial charge in [-0.25, -0.2) is 0 Å². The quantitative estimate of drug-likeness (QED) is 0.691. The Balaban J connectivity index is 1.97. The van der Waals surface area contributed by atoms with E-state index in [-0.39, 0.29) is 0 Å². The Labute approximate surface area is 157 Å². The van der Waals surface area contributed by atoms with Gasteiger partial charge in [0, 0.05) is 24.8 Å². The standard InChI is InChI=1S/C21H28N2OS/c1-5-6-7-17-9-11-19(12-10-17)22-21(25)23(3)15-18-14-16(2)8-13-20(18)24-4/h8-14H,5-7,15H2,1-4H3,(H,22,25). The Bertz CT molecular complexity index is 698. The molecule has 0 saturated heterocycles. The fourth-order valence-electron chi connectivity index (χ4n) is 2.71. The fourth-order valence-corrected chi connectivity index (χ4v) is 2.90. The third kappa shape index (κ3) is 5.75. The molecule has 0 fully saturated rings. The Morgan fingerprint density at radius 3 is 2.52 bits per heavy atom. The monoisotopic (exact) mass is 356 g/mol. The molecule has 2 rings (SSSR count). The number of methoxy groups -OCH3 is 1. The van der Waals surface area contributed by atoms with Crippen LogP contribution < -0.4 is 10.1 Å². The maximum atomic E-state index is 5.55. The molecule has 0 aliphatic carbocycles. The lowest BCUT2D eigenvalue weighted by atomic mass is 10.1. The summed E-state index contributed by atoms with van der Waals surface area (Å²) in [5, 5.41) is 4.01. The number of aryl methyl sites for hydroxylation is 2. The van der Waals surface area contributed by atoms with Gasteiger partial charge in [0.25, 0.3) is 0 Å². The van der Waals surface area contributed by atoms with Crippen LogP contribution in [-0.2, 0) is 13.0 Å². The number of unbranched alkanes of at least 4 members (excludes halogenated alkanes) is 1. The molecule has 1 N–H and O–H groups in total. The summed E-state index contributed by atoms with van der Waals surface area (Å²) in [4.78, 5) is 2.03. The van der Waals surface area contributed by atoms with E-state index < -0.39 is 0 Å². The molecule has 4 heteroatoms. The first-order chi connectivity index (χ1) is 12.0. The molecular weight excluding hydrogens is 328 g/mol. The van der Waals surface area contributed by atoms with E-state index in [0.29, 0.717) is 11.7 Å². The first-order valence-corrected chi connectivity index (χ1v) is 9.19. The van der Waals surface area contributed by atoms with Gasteiger partial charge < -0.3 is 15.0 Å². The van der Waals surface area contributed by atoms with Gasteiger partial charge in [0.15, 0.2) is 5.11 Å². The molecule has 0 radical (unpaired) electrons. The van der Waals surface area contributed by atoms with Gasteiger partial charge in [0.2, 0.25) is 0 Å². The molecule has 0 bridgehead atoms. The van der Waals surface area contributed by atoms with Crippen LogP contribution in [0.2, 0.25) is 0 Å². The highest BCUT2D eigenvalue weighted by molar-refractivity contribution is 7.80. The van der Waals surface area contributed by atoms with Gasteiger partial charge in [0.1, 0.15) is 5.75 Å². The highest BCUT2D eigenvalue weighted by Crippen LogP contribution is 2.21. The molecule has 0 aliphatic rings. The molecule has 2 aromatic rings. The number of rotatable bonds is 7. The number of thiocarbonyl (C=S) groups is 1. The van der Waals surface area contributed by atoms with Crippen molar-refractivity contribution in [2.24, 2.45) is 0 Å². The van der Waals surface area contributed by atoms with Crippen molar-refractivity contribution in [3.8, 4) is 5.75 Å². The largest absolute Gasteiger partial charge is 0.496 e. The average Bonchev–Trinajstić information content (AvgIpc) is 2.61. The van der Waals surface area contributed by atoms with Crippen molar-refractivity contribution < 1.29 is 4.74 Å². The number of anilines is 1. The SMILES string of the molecule is CCCCc1ccc(NC(=S)N(C)Cc2cc(C)ccc2OC)cc1. The van der Waals surface area contributed by atoms with Crippen LogP contribution in [0.5, 0.6) is 5.75 Å². The lowest BCUT2D eigenvalue weighted by molar-refractivity contribution is 0.399. The normalized spacial score (nSPS) is 10.4. The minimum absolute atomic E-state index is 0.699. The van der Waals surface area contributed by atoms with Gasteiger partial charge in [0.05, 0.1) is 7.11 Å².